The van der Waals surface area contributed by atoms with Crippen molar-refractivity contribution in [1.82, 2.24) is 5.32 Å². The summed E-state index contributed by atoms with van der Waals surface area (Å²) in [7, 11) is 1.24. The molecule has 69 heavy (non-hydrogen) atoms. The minimum atomic E-state index is -4.61. The van der Waals surface area contributed by atoms with Crippen molar-refractivity contribution >= 4 is 13.7 Å². The lowest BCUT2D eigenvalue weighted by Gasteiger charge is -2.29. The summed E-state index contributed by atoms with van der Waals surface area (Å²) in [6.45, 7) is 4.63. The smallest absolute Gasteiger partial charge is 0.268 e. The Hall–Kier alpha value is -1.54. The number of likely N-dealkylation sites (N-methyl/N-ethyl adjacent to an activating group) is 1. The Morgan fingerprint density at radius 2 is 0.855 bits per heavy atom. The lowest BCUT2D eigenvalue weighted by Crippen LogP contribution is -2.45. The van der Waals surface area contributed by atoms with Crippen molar-refractivity contribution in [2.75, 3.05) is 40.9 Å². The van der Waals surface area contributed by atoms with E-state index in [-0.39, 0.29) is 12.5 Å². The number of amides is 1. The predicted molar refractivity (Wildman–Crippen MR) is 298 cm³/mol. The maximum atomic E-state index is 12.9. The molecule has 9 heteroatoms. The molecule has 0 aromatic rings. The van der Waals surface area contributed by atoms with Gasteiger partial charge in [-0.25, -0.2) is 0 Å². The van der Waals surface area contributed by atoms with Crippen LogP contribution in [0.1, 0.15) is 277 Å². The predicted octanol–water partition coefficient (Wildman–Crippen LogP) is 17.3. The second kappa shape index (κ2) is 51.4. The molecule has 0 aliphatic rings. The number of hydrogen-bond acceptors (Lipinski definition) is 6. The van der Waals surface area contributed by atoms with E-state index in [2.05, 4.69) is 55.6 Å². The Bertz CT molecular complexity index is 1260. The number of aliphatic hydroxyl groups excluding tert-OH is 1. The van der Waals surface area contributed by atoms with Gasteiger partial charge in [0.1, 0.15) is 13.2 Å². The molecule has 3 atom stereocenters. The molecular weight excluding hydrogens is 876 g/mol. The van der Waals surface area contributed by atoms with Crippen LogP contribution in [0.5, 0.6) is 0 Å². The number of hydrogen-bond donors (Lipinski definition) is 2. The van der Waals surface area contributed by atoms with Gasteiger partial charge >= 0.3 is 0 Å². The zero-order chi connectivity index (χ0) is 50.6. The third-order valence-electron chi connectivity index (χ3n) is 13.3. The summed E-state index contributed by atoms with van der Waals surface area (Å²) < 4.78 is 23.3. The van der Waals surface area contributed by atoms with Gasteiger partial charge in [0, 0.05) is 6.42 Å². The van der Waals surface area contributed by atoms with E-state index >= 15 is 0 Å². The Kier molecular flexibility index (Phi) is 50.2. The van der Waals surface area contributed by atoms with Crippen molar-refractivity contribution in [3.8, 4) is 0 Å². The van der Waals surface area contributed by atoms with E-state index in [0.717, 1.165) is 57.8 Å². The van der Waals surface area contributed by atoms with Crippen LogP contribution >= 0.6 is 7.82 Å². The highest BCUT2D eigenvalue weighted by atomic mass is 31.2. The standard InChI is InChI=1S/C60H115N2O6P/c1-6-8-10-12-14-16-18-20-22-24-26-27-28-29-30-31-32-33-34-35-36-37-39-41-43-45-47-49-51-53-59(63)58(57-68-69(65,66)67-56-55-62(3,4)5)61-60(64)54-52-50-48-46-44-42-40-38-25-23-21-19-17-15-13-11-9-7-2/h17,19,23,25,43,45,51,53,58-59,63H,6-16,18,20-22,24,26-42,44,46-50,52,54-57H2,1-5H3,(H-,61,64,65,66)/b19-17-,25-23-,45-43+,53-51+. The van der Waals surface area contributed by atoms with Gasteiger partial charge in [-0.15, -0.1) is 0 Å². The van der Waals surface area contributed by atoms with Gasteiger partial charge in [0.05, 0.1) is 39.9 Å². The van der Waals surface area contributed by atoms with Crippen LogP contribution in [0.2, 0.25) is 0 Å². The summed E-state index contributed by atoms with van der Waals surface area (Å²) >= 11 is 0. The Balaban J connectivity index is 4.21. The molecule has 406 valence electrons. The summed E-state index contributed by atoms with van der Waals surface area (Å²) in [6, 6.07) is -0.909. The number of nitrogens with zero attached hydrogens (tertiary/aromatic N) is 1. The number of unbranched alkanes of at least 4 members (excludes halogenated alkanes) is 35. The van der Waals surface area contributed by atoms with Crippen molar-refractivity contribution < 1.29 is 32.9 Å². The molecule has 0 saturated heterocycles. The highest BCUT2D eigenvalue weighted by Crippen LogP contribution is 2.38. The van der Waals surface area contributed by atoms with Crippen molar-refractivity contribution in [1.29, 1.82) is 0 Å². The first-order valence-electron chi connectivity index (χ1n) is 29.5. The molecule has 0 rings (SSSR count). The van der Waals surface area contributed by atoms with E-state index in [4.69, 9.17) is 9.05 Å². The van der Waals surface area contributed by atoms with Crippen LogP contribution in [-0.2, 0) is 18.4 Å². The summed E-state index contributed by atoms with van der Waals surface area (Å²) in [6.07, 6.45) is 67.7. The normalized spacial score (nSPS) is 14.2. The number of aliphatic hydroxyl groups is 1. The lowest BCUT2D eigenvalue weighted by molar-refractivity contribution is -0.870. The summed E-state index contributed by atoms with van der Waals surface area (Å²) in [5, 5.41) is 13.9. The Labute approximate surface area is 429 Å². The first kappa shape index (κ1) is 67.5. The van der Waals surface area contributed by atoms with Crippen molar-refractivity contribution in [3.05, 3.63) is 48.6 Å². The van der Waals surface area contributed by atoms with Gasteiger partial charge in [-0.2, -0.15) is 0 Å². The first-order valence-corrected chi connectivity index (χ1v) is 31.0. The van der Waals surface area contributed by atoms with Gasteiger partial charge in [-0.3, -0.25) is 9.36 Å². The number of carbonyl (C=O) groups is 1. The number of rotatable bonds is 54. The molecule has 0 radical (unpaired) electrons. The summed E-state index contributed by atoms with van der Waals surface area (Å²) in [4.78, 5) is 25.5. The molecule has 0 aliphatic heterocycles. The van der Waals surface area contributed by atoms with E-state index in [1.54, 1.807) is 6.08 Å². The molecule has 0 aliphatic carbocycles. The zero-order valence-electron chi connectivity index (χ0n) is 46.3. The molecule has 1 amide bonds. The SMILES string of the molecule is CCCCCC/C=C\C/C=C\CCCCCCCCCC(=O)NC(COP(=O)([O-])OCC[N+](C)(C)C)C(O)/C=C/CC/C=C/CCCCCCCCCCCCCCCCCCCCCCCCC. The molecule has 0 fully saturated rings. The molecule has 8 nitrogen and oxygen atoms in total. The minimum Gasteiger partial charge on any atom is -0.756 e. The number of phosphoric acid groups is 1. The maximum Gasteiger partial charge on any atom is 0.268 e. The number of quaternary nitrogens is 1. The lowest BCUT2D eigenvalue weighted by atomic mass is 10.0. The fourth-order valence-corrected chi connectivity index (χ4v) is 9.34. The van der Waals surface area contributed by atoms with E-state index in [1.165, 1.54) is 199 Å². The van der Waals surface area contributed by atoms with Crippen LogP contribution in [0.25, 0.3) is 0 Å². The molecule has 0 heterocycles. The first-order chi connectivity index (χ1) is 33.5. The van der Waals surface area contributed by atoms with Crippen LogP contribution in [-0.4, -0.2) is 68.5 Å². The fraction of sp³-hybridized carbons (Fsp3) is 0.850. The number of carbonyl (C=O) groups excluding carboxylic acids is 1. The number of allylic oxidation sites excluding steroid dienone is 7. The van der Waals surface area contributed by atoms with E-state index in [9.17, 15) is 19.4 Å². The summed E-state index contributed by atoms with van der Waals surface area (Å²) in [5.74, 6) is -0.214. The van der Waals surface area contributed by atoms with E-state index in [1.807, 2.05) is 27.2 Å². The van der Waals surface area contributed by atoms with Gasteiger partial charge in [-0.05, 0) is 64.2 Å². The molecule has 0 saturated carbocycles. The van der Waals surface area contributed by atoms with E-state index < -0.39 is 26.6 Å². The van der Waals surface area contributed by atoms with Crippen LogP contribution < -0.4 is 10.2 Å². The Morgan fingerprint density at radius 1 is 0.507 bits per heavy atom. The molecule has 0 aromatic heterocycles. The summed E-state index contributed by atoms with van der Waals surface area (Å²) in [5.41, 5.74) is 0. The molecule has 3 unspecified atom stereocenters. The van der Waals surface area contributed by atoms with Crippen molar-refractivity contribution in [3.63, 3.8) is 0 Å². The van der Waals surface area contributed by atoms with Gasteiger partial charge in [0.2, 0.25) is 5.91 Å². The molecule has 0 aromatic carbocycles. The fourth-order valence-electron chi connectivity index (χ4n) is 8.61. The molecule has 2 N–H and O–H groups in total. The topological polar surface area (TPSA) is 108 Å². The number of phosphoric ester groups is 1. The highest BCUT2D eigenvalue weighted by Gasteiger charge is 2.23. The zero-order valence-corrected chi connectivity index (χ0v) is 47.2. The third-order valence-corrected chi connectivity index (χ3v) is 14.2. The van der Waals surface area contributed by atoms with Gasteiger partial charge in [-0.1, -0.05) is 255 Å². The quantitative estimate of drug-likeness (QED) is 0.0272. The third kappa shape index (κ3) is 54.1. The van der Waals surface area contributed by atoms with Crippen LogP contribution in [0.3, 0.4) is 0 Å². The maximum absolute atomic E-state index is 12.9. The van der Waals surface area contributed by atoms with Crippen molar-refractivity contribution in [2.45, 2.75) is 289 Å². The minimum absolute atomic E-state index is 0.00878. The largest absolute Gasteiger partial charge is 0.756 e. The van der Waals surface area contributed by atoms with Crippen molar-refractivity contribution in [2.24, 2.45) is 0 Å². The molecule has 0 bridgehead atoms. The Morgan fingerprint density at radius 3 is 1.28 bits per heavy atom. The van der Waals surface area contributed by atoms with Crippen LogP contribution in [0.4, 0.5) is 0 Å². The van der Waals surface area contributed by atoms with Crippen LogP contribution in [0, 0.1) is 0 Å². The average molecular weight is 992 g/mol. The molecular formula is C60H115N2O6P. The second-order valence-electron chi connectivity index (χ2n) is 21.3. The monoisotopic (exact) mass is 991 g/mol. The van der Waals surface area contributed by atoms with Gasteiger partial charge < -0.3 is 28.8 Å². The van der Waals surface area contributed by atoms with E-state index in [0.29, 0.717) is 17.4 Å². The highest BCUT2D eigenvalue weighted by molar-refractivity contribution is 7.45. The van der Waals surface area contributed by atoms with Gasteiger partial charge in [0.15, 0.2) is 0 Å². The average Bonchev–Trinajstić information content (AvgIpc) is 3.31. The van der Waals surface area contributed by atoms with Crippen LogP contribution in [0.15, 0.2) is 48.6 Å². The second-order valence-corrected chi connectivity index (χ2v) is 22.8. The molecule has 0 spiro atoms. The van der Waals surface area contributed by atoms with Gasteiger partial charge in [0.25, 0.3) is 7.82 Å². The number of nitrogens with one attached hydrogen (secondary N) is 1.